The first-order valence-corrected chi connectivity index (χ1v) is 9.57. The highest BCUT2D eigenvalue weighted by molar-refractivity contribution is 5.91. The lowest BCUT2D eigenvalue weighted by molar-refractivity contribution is -0.116. The number of fused-ring (bicyclic) bond motifs is 1. The lowest BCUT2D eigenvalue weighted by Gasteiger charge is -2.13. The van der Waals surface area contributed by atoms with Gasteiger partial charge in [0.05, 0.1) is 24.5 Å². The molecule has 0 atom stereocenters. The van der Waals surface area contributed by atoms with E-state index >= 15 is 0 Å². The SMILES string of the molecule is COc1ccc(NC(=O)Cn2c(=O)n(-c3ccc(C)cc3)c(=O)c3c2cnn3C)cc1. The maximum atomic E-state index is 13.3. The highest BCUT2D eigenvalue weighted by Crippen LogP contribution is 2.15. The Balaban J connectivity index is 1.78. The summed E-state index contributed by atoms with van der Waals surface area (Å²) in [7, 11) is 3.18. The minimum absolute atomic E-state index is 0.234. The van der Waals surface area contributed by atoms with E-state index in [1.54, 1.807) is 50.6 Å². The van der Waals surface area contributed by atoms with Crippen molar-refractivity contribution in [3.63, 3.8) is 0 Å². The van der Waals surface area contributed by atoms with Crippen molar-refractivity contribution in [1.82, 2.24) is 18.9 Å². The van der Waals surface area contributed by atoms with Crippen molar-refractivity contribution in [3.8, 4) is 11.4 Å². The summed E-state index contributed by atoms with van der Waals surface area (Å²) in [6, 6.07) is 13.9. The summed E-state index contributed by atoms with van der Waals surface area (Å²) < 4.78 is 8.82. The van der Waals surface area contributed by atoms with Gasteiger partial charge >= 0.3 is 5.69 Å². The molecule has 9 nitrogen and oxygen atoms in total. The van der Waals surface area contributed by atoms with Crippen molar-refractivity contribution in [2.45, 2.75) is 13.5 Å². The van der Waals surface area contributed by atoms with Gasteiger partial charge in [0.15, 0.2) is 5.52 Å². The Kier molecular flexibility index (Phi) is 5.16. The lowest BCUT2D eigenvalue weighted by atomic mass is 10.2. The van der Waals surface area contributed by atoms with Gasteiger partial charge in [0.2, 0.25) is 5.91 Å². The van der Waals surface area contributed by atoms with Crippen LogP contribution in [0.3, 0.4) is 0 Å². The van der Waals surface area contributed by atoms with Gasteiger partial charge < -0.3 is 10.1 Å². The molecule has 9 heteroatoms. The van der Waals surface area contributed by atoms with Crippen molar-refractivity contribution in [1.29, 1.82) is 0 Å². The molecule has 0 unspecified atom stereocenters. The Labute approximate surface area is 177 Å². The Hall–Kier alpha value is -4.14. The number of nitrogens with zero attached hydrogens (tertiary/aromatic N) is 4. The summed E-state index contributed by atoms with van der Waals surface area (Å²) in [5, 5.41) is 6.87. The largest absolute Gasteiger partial charge is 0.497 e. The summed E-state index contributed by atoms with van der Waals surface area (Å²) in [4.78, 5) is 39.0. The van der Waals surface area contributed by atoms with Crippen molar-refractivity contribution in [3.05, 3.63) is 81.1 Å². The highest BCUT2D eigenvalue weighted by Gasteiger charge is 2.19. The number of hydrogen-bond acceptors (Lipinski definition) is 5. The predicted octanol–water partition coefficient (Wildman–Crippen LogP) is 1.84. The van der Waals surface area contributed by atoms with Crippen LogP contribution in [0, 0.1) is 6.92 Å². The Morgan fingerprint density at radius 3 is 2.39 bits per heavy atom. The minimum atomic E-state index is -0.612. The fraction of sp³-hybridized carbons (Fsp3) is 0.182. The summed E-state index contributed by atoms with van der Waals surface area (Å²) >= 11 is 0. The van der Waals surface area contributed by atoms with E-state index in [4.69, 9.17) is 4.74 Å². The number of benzene rings is 2. The molecular formula is C22H21N5O4. The molecule has 0 spiro atoms. The number of nitrogens with one attached hydrogen (secondary N) is 1. The van der Waals surface area contributed by atoms with Crippen molar-refractivity contribution in [2.24, 2.45) is 7.05 Å². The quantitative estimate of drug-likeness (QED) is 0.532. The van der Waals surface area contributed by atoms with Gasteiger partial charge in [-0.2, -0.15) is 5.10 Å². The van der Waals surface area contributed by atoms with Crippen molar-refractivity contribution in [2.75, 3.05) is 12.4 Å². The van der Waals surface area contributed by atoms with Gasteiger partial charge in [0.25, 0.3) is 5.56 Å². The van der Waals surface area contributed by atoms with Crippen LogP contribution in [0.25, 0.3) is 16.7 Å². The summed E-state index contributed by atoms with van der Waals surface area (Å²) in [5.41, 5.74) is 1.41. The lowest BCUT2D eigenvalue weighted by Crippen LogP contribution is -2.41. The fourth-order valence-corrected chi connectivity index (χ4v) is 3.38. The average molecular weight is 419 g/mol. The van der Waals surface area contributed by atoms with Gasteiger partial charge in [-0.1, -0.05) is 17.7 Å². The number of amides is 1. The van der Waals surface area contributed by atoms with Crippen molar-refractivity contribution < 1.29 is 9.53 Å². The number of hydrogen-bond donors (Lipinski definition) is 1. The number of aromatic nitrogens is 4. The molecule has 0 saturated carbocycles. The minimum Gasteiger partial charge on any atom is -0.497 e. The van der Waals surface area contributed by atoms with E-state index in [0.717, 1.165) is 10.1 Å². The third kappa shape index (κ3) is 3.73. The van der Waals surface area contributed by atoms with E-state index in [1.807, 2.05) is 19.1 Å². The molecule has 1 N–H and O–H groups in total. The third-order valence-electron chi connectivity index (χ3n) is 5.01. The van der Waals surface area contributed by atoms with Gasteiger partial charge in [-0.05, 0) is 43.3 Å². The molecule has 2 aromatic carbocycles. The standard InChI is InChI=1S/C22H21N5O4/c1-14-4-8-16(9-5-14)27-21(29)20-18(12-23-25(20)2)26(22(27)30)13-19(28)24-15-6-10-17(31-3)11-7-15/h4-12H,13H2,1-3H3,(H,24,28). The molecule has 0 saturated heterocycles. The molecule has 0 aliphatic carbocycles. The molecule has 158 valence electrons. The van der Waals surface area contributed by atoms with Crippen LogP contribution in [0.1, 0.15) is 5.56 Å². The molecule has 2 aromatic heterocycles. The average Bonchev–Trinajstić information content (AvgIpc) is 3.15. The van der Waals surface area contributed by atoms with E-state index < -0.39 is 17.2 Å². The molecule has 1 amide bonds. The highest BCUT2D eigenvalue weighted by atomic mass is 16.5. The fourth-order valence-electron chi connectivity index (χ4n) is 3.38. The molecule has 0 bridgehead atoms. The number of aryl methyl sites for hydroxylation is 2. The molecule has 4 aromatic rings. The van der Waals surface area contributed by atoms with Gasteiger partial charge in [0.1, 0.15) is 12.3 Å². The topological polar surface area (TPSA) is 100 Å². The molecular weight excluding hydrogens is 398 g/mol. The van der Waals surface area contributed by atoms with Crippen LogP contribution in [-0.4, -0.2) is 31.9 Å². The molecule has 4 rings (SSSR count). The number of anilines is 1. The first-order valence-electron chi connectivity index (χ1n) is 9.57. The second-order valence-electron chi connectivity index (χ2n) is 7.12. The van der Waals surface area contributed by atoms with E-state index in [9.17, 15) is 14.4 Å². The summed E-state index contributed by atoms with van der Waals surface area (Å²) in [6.45, 7) is 1.64. The molecule has 0 radical (unpaired) electrons. The zero-order valence-corrected chi connectivity index (χ0v) is 17.3. The van der Waals surface area contributed by atoms with E-state index in [2.05, 4.69) is 10.4 Å². The van der Waals surface area contributed by atoms with Gasteiger partial charge in [-0.15, -0.1) is 0 Å². The van der Waals surface area contributed by atoms with Crippen LogP contribution in [0.2, 0.25) is 0 Å². The van der Waals surface area contributed by atoms with Crippen LogP contribution in [0.5, 0.6) is 5.75 Å². The van der Waals surface area contributed by atoms with Gasteiger partial charge in [-0.25, -0.2) is 9.36 Å². The van der Waals surface area contributed by atoms with E-state index in [0.29, 0.717) is 22.6 Å². The van der Waals surface area contributed by atoms with Crippen LogP contribution in [0.4, 0.5) is 5.69 Å². The van der Waals surface area contributed by atoms with Crippen LogP contribution in [-0.2, 0) is 18.4 Å². The van der Waals surface area contributed by atoms with Gasteiger partial charge in [-0.3, -0.25) is 18.8 Å². The third-order valence-corrected chi connectivity index (χ3v) is 5.01. The molecule has 0 aliphatic rings. The van der Waals surface area contributed by atoms with E-state index in [1.165, 1.54) is 15.4 Å². The second kappa shape index (κ2) is 7.94. The predicted molar refractivity (Wildman–Crippen MR) is 117 cm³/mol. The second-order valence-corrected chi connectivity index (χ2v) is 7.12. The number of carbonyl (C=O) groups is 1. The van der Waals surface area contributed by atoms with Crippen LogP contribution < -0.4 is 21.3 Å². The number of carbonyl (C=O) groups excluding carboxylic acids is 1. The number of methoxy groups -OCH3 is 1. The van der Waals surface area contributed by atoms with Crippen LogP contribution in [0.15, 0.2) is 64.3 Å². The summed E-state index contributed by atoms with van der Waals surface area (Å²) in [5.74, 6) is 0.253. The molecule has 31 heavy (non-hydrogen) atoms. The normalized spacial score (nSPS) is 10.9. The van der Waals surface area contributed by atoms with Crippen LogP contribution >= 0.6 is 0 Å². The number of rotatable bonds is 5. The van der Waals surface area contributed by atoms with Gasteiger partial charge in [0, 0.05) is 12.7 Å². The Bertz CT molecular complexity index is 1380. The molecule has 2 heterocycles. The van der Waals surface area contributed by atoms with E-state index in [-0.39, 0.29) is 12.1 Å². The first kappa shape index (κ1) is 20.1. The monoisotopic (exact) mass is 419 g/mol. The first-order chi connectivity index (χ1) is 14.9. The molecule has 0 aliphatic heterocycles. The zero-order chi connectivity index (χ0) is 22.1. The van der Waals surface area contributed by atoms with Crippen molar-refractivity contribution >= 4 is 22.6 Å². The zero-order valence-electron chi connectivity index (χ0n) is 17.3. The maximum Gasteiger partial charge on any atom is 0.336 e. The maximum absolute atomic E-state index is 13.3. The summed E-state index contributed by atoms with van der Waals surface area (Å²) in [6.07, 6.45) is 1.41. The smallest absolute Gasteiger partial charge is 0.336 e. The number of ether oxygens (including phenoxy) is 1. The Morgan fingerprint density at radius 2 is 1.74 bits per heavy atom. The Morgan fingerprint density at radius 1 is 1.06 bits per heavy atom. The molecule has 0 fully saturated rings.